The second kappa shape index (κ2) is 7.88. The lowest BCUT2D eigenvalue weighted by Gasteiger charge is -2.23. The van der Waals surface area contributed by atoms with E-state index >= 15 is 0 Å². The van der Waals surface area contributed by atoms with Crippen LogP contribution < -0.4 is 10.1 Å². The molecule has 0 radical (unpaired) electrons. The average Bonchev–Trinajstić information content (AvgIpc) is 2.43. The fourth-order valence-electron chi connectivity index (χ4n) is 1.84. The molecule has 1 atom stereocenters. The molecule has 0 aliphatic carbocycles. The van der Waals surface area contributed by atoms with E-state index < -0.39 is 6.36 Å². The van der Waals surface area contributed by atoms with Crippen molar-refractivity contribution in [1.29, 1.82) is 0 Å². The van der Waals surface area contributed by atoms with Gasteiger partial charge in [0.25, 0.3) is 0 Å². The predicted molar refractivity (Wildman–Crippen MR) is 74.4 cm³/mol. The number of aliphatic hydroxyl groups is 1. The van der Waals surface area contributed by atoms with Crippen molar-refractivity contribution in [3.8, 4) is 5.75 Å². The SMILES string of the molecule is CCN(CCO)C(=O)NC(C)c1ccc(OC(F)(F)F)cc1. The average molecular weight is 320 g/mol. The maximum absolute atomic E-state index is 12.1. The van der Waals surface area contributed by atoms with Gasteiger partial charge in [-0.2, -0.15) is 0 Å². The Morgan fingerprint density at radius 2 is 1.95 bits per heavy atom. The summed E-state index contributed by atoms with van der Waals surface area (Å²) in [6.07, 6.45) is -4.73. The highest BCUT2D eigenvalue weighted by Crippen LogP contribution is 2.24. The molecule has 124 valence electrons. The van der Waals surface area contributed by atoms with Gasteiger partial charge < -0.3 is 20.1 Å². The van der Waals surface area contributed by atoms with Gasteiger partial charge in [0.2, 0.25) is 0 Å². The Morgan fingerprint density at radius 3 is 2.41 bits per heavy atom. The summed E-state index contributed by atoms with van der Waals surface area (Å²) in [5.41, 5.74) is 0.642. The first kappa shape index (κ1) is 18.1. The smallest absolute Gasteiger partial charge is 0.406 e. The van der Waals surface area contributed by atoms with E-state index in [0.29, 0.717) is 12.1 Å². The maximum Gasteiger partial charge on any atom is 0.573 e. The first-order chi connectivity index (χ1) is 10.3. The van der Waals surface area contributed by atoms with Gasteiger partial charge in [-0.1, -0.05) is 12.1 Å². The Bertz CT molecular complexity index is 477. The number of likely N-dealkylation sites (N-methyl/N-ethyl adjacent to an activating group) is 1. The first-order valence-corrected chi connectivity index (χ1v) is 6.78. The van der Waals surface area contributed by atoms with Crippen LogP contribution >= 0.6 is 0 Å². The van der Waals surface area contributed by atoms with Gasteiger partial charge in [0.05, 0.1) is 12.6 Å². The molecule has 0 aromatic heterocycles. The number of amides is 2. The molecule has 8 heteroatoms. The topological polar surface area (TPSA) is 61.8 Å². The van der Waals surface area contributed by atoms with Crippen molar-refractivity contribution in [2.75, 3.05) is 19.7 Å². The Balaban J connectivity index is 2.65. The molecule has 0 heterocycles. The van der Waals surface area contributed by atoms with Crippen molar-refractivity contribution in [3.63, 3.8) is 0 Å². The molecule has 5 nitrogen and oxygen atoms in total. The van der Waals surface area contributed by atoms with Gasteiger partial charge in [-0.3, -0.25) is 0 Å². The van der Waals surface area contributed by atoms with Crippen LogP contribution in [0.25, 0.3) is 0 Å². The lowest BCUT2D eigenvalue weighted by atomic mass is 10.1. The summed E-state index contributed by atoms with van der Waals surface area (Å²) in [6, 6.07) is 4.55. The van der Waals surface area contributed by atoms with E-state index in [9.17, 15) is 18.0 Å². The summed E-state index contributed by atoms with van der Waals surface area (Å²) >= 11 is 0. The molecule has 2 N–H and O–H groups in total. The molecule has 2 amide bonds. The number of hydrogen-bond acceptors (Lipinski definition) is 3. The van der Waals surface area contributed by atoms with E-state index in [1.165, 1.54) is 29.2 Å². The van der Waals surface area contributed by atoms with E-state index in [-0.39, 0.29) is 31.0 Å². The Hall–Kier alpha value is -1.96. The number of hydrogen-bond donors (Lipinski definition) is 2. The molecular weight excluding hydrogens is 301 g/mol. The van der Waals surface area contributed by atoms with Crippen LogP contribution in [-0.2, 0) is 0 Å². The van der Waals surface area contributed by atoms with Crippen LogP contribution in [0, 0.1) is 0 Å². The third kappa shape index (κ3) is 5.80. The monoisotopic (exact) mass is 320 g/mol. The standard InChI is InChI=1S/C14H19F3N2O3/c1-3-19(8-9-20)13(21)18-10(2)11-4-6-12(7-5-11)22-14(15,16)17/h4-7,10,20H,3,8-9H2,1-2H3,(H,18,21). The first-order valence-electron chi connectivity index (χ1n) is 6.78. The molecule has 0 saturated carbocycles. The van der Waals surface area contributed by atoms with Gasteiger partial charge in [0.15, 0.2) is 0 Å². The fourth-order valence-corrected chi connectivity index (χ4v) is 1.84. The molecule has 0 bridgehead atoms. The van der Waals surface area contributed by atoms with E-state index in [2.05, 4.69) is 10.1 Å². The van der Waals surface area contributed by atoms with Gasteiger partial charge in [-0.25, -0.2) is 4.79 Å². The summed E-state index contributed by atoms with van der Waals surface area (Å²) in [4.78, 5) is 13.4. The van der Waals surface area contributed by atoms with Crippen LogP contribution in [0.4, 0.5) is 18.0 Å². The summed E-state index contributed by atoms with van der Waals surface area (Å²) in [7, 11) is 0. The van der Waals surface area contributed by atoms with Crippen molar-refractivity contribution in [2.45, 2.75) is 26.3 Å². The molecule has 1 unspecified atom stereocenters. The number of ether oxygens (including phenoxy) is 1. The molecule has 0 aliphatic rings. The number of alkyl halides is 3. The van der Waals surface area contributed by atoms with Crippen molar-refractivity contribution in [3.05, 3.63) is 29.8 Å². The molecule has 0 saturated heterocycles. The maximum atomic E-state index is 12.1. The second-order valence-corrected chi connectivity index (χ2v) is 4.59. The summed E-state index contributed by atoms with van der Waals surface area (Å²) in [5.74, 6) is -0.315. The van der Waals surface area contributed by atoms with E-state index in [4.69, 9.17) is 5.11 Å². The zero-order chi connectivity index (χ0) is 16.8. The highest BCUT2D eigenvalue weighted by atomic mass is 19.4. The number of carbonyl (C=O) groups is 1. The molecule has 1 aromatic carbocycles. The van der Waals surface area contributed by atoms with Crippen LogP contribution in [0.15, 0.2) is 24.3 Å². The Labute approximate surface area is 126 Å². The van der Waals surface area contributed by atoms with Gasteiger partial charge in [0.1, 0.15) is 5.75 Å². The summed E-state index contributed by atoms with van der Waals surface area (Å²) in [6.45, 7) is 4.01. The van der Waals surface area contributed by atoms with Crippen molar-refractivity contribution < 1.29 is 27.8 Å². The Kier molecular flexibility index (Phi) is 6.48. The normalized spacial score (nSPS) is 12.6. The second-order valence-electron chi connectivity index (χ2n) is 4.59. The number of nitrogens with one attached hydrogen (secondary N) is 1. The third-order valence-electron chi connectivity index (χ3n) is 2.99. The van der Waals surface area contributed by atoms with Crippen LogP contribution in [0.2, 0.25) is 0 Å². The molecule has 0 aliphatic heterocycles. The number of nitrogens with zero attached hydrogens (tertiary/aromatic N) is 1. The number of carbonyl (C=O) groups excluding carboxylic acids is 1. The minimum Gasteiger partial charge on any atom is -0.406 e. The number of benzene rings is 1. The van der Waals surface area contributed by atoms with Crippen molar-refractivity contribution in [1.82, 2.24) is 10.2 Å². The number of aliphatic hydroxyl groups excluding tert-OH is 1. The third-order valence-corrected chi connectivity index (χ3v) is 2.99. The molecular formula is C14H19F3N2O3. The van der Waals surface area contributed by atoms with Gasteiger partial charge in [-0.05, 0) is 31.5 Å². The van der Waals surface area contributed by atoms with E-state index in [1.807, 2.05) is 0 Å². The fraction of sp³-hybridized carbons (Fsp3) is 0.500. The van der Waals surface area contributed by atoms with Gasteiger partial charge in [0, 0.05) is 13.1 Å². The predicted octanol–water partition coefficient (Wildman–Crippen LogP) is 2.67. The van der Waals surface area contributed by atoms with Crippen LogP contribution in [0.5, 0.6) is 5.75 Å². The molecule has 1 aromatic rings. The van der Waals surface area contributed by atoms with E-state index in [1.54, 1.807) is 13.8 Å². The van der Waals surface area contributed by atoms with Crippen LogP contribution in [0.1, 0.15) is 25.5 Å². The van der Waals surface area contributed by atoms with Gasteiger partial charge in [-0.15, -0.1) is 13.2 Å². The minimum absolute atomic E-state index is 0.140. The molecule has 0 fully saturated rings. The number of rotatable bonds is 6. The molecule has 22 heavy (non-hydrogen) atoms. The van der Waals surface area contributed by atoms with E-state index in [0.717, 1.165) is 0 Å². The zero-order valence-corrected chi connectivity index (χ0v) is 12.4. The molecule has 1 rings (SSSR count). The van der Waals surface area contributed by atoms with Crippen molar-refractivity contribution in [2.24, 2.45) is 0 Å². The highest BCUT2D eigenvalue weighted by Gasteiger charge is 2.31. The zero-order valence-electron chi connectivity index (χ0n) is 12.4. The lowest BCUT2D eigenvalue weighted by Crippen LogP contribution is -2.42. The lowest BCUT2D eigenvalue weighted by molar-refractivity contribution is -0.274. The Morgan fingerprint density at radius 1 is 1.36 bits per heavy atom. The molecule has 0 spiro atoms. The minimum atomic E-state index is -4.73. The summed E-state index contributed by atoms with van der Waals surface area (Å²) in [5, 5.41) is 11.6. The van der Waals surface area contributed by atoms with Crippen LogP contribution in [0.3, 0.4) is 0 Å². The number of halogens is 3. The van der Waals surface area contributed by atoms with Crippen LogP contribution in [-0.4, -0.2) is 42.1 Å². The summed E-state index contributed by atoms with van der Waals surface area (Å²) < 4.78 is 40.0. The van der Waals surface area contributed by atoms with Gasteiger partial charge >= 0.3 is 12.4 Å². The highest BCUT2D eigenvalue weighted by molar-refractivity contribution is 5.74. The largest absolute Gasteiger partial charge is 0.573 e. The number of urea groups is 1. The van der Waals surface area contributed by atoms with Crippen molar-refractivity contribution >= 4 is 6.03 Å². The quantitative estimate of drug-likeness (QED) is 0.847.